The summed E-state index contributed by atoms with van der Waals surface area (Å²) in [7, 11) is 0. The van der Waals surface area contributed by atoms with Crippen LogP contribution in [0.1, 0.15) is 15.9 Å². The molecule has 2 aromatic rings. The van der Waals surface area contributed by atoms with Gasteiger partial charge in [0.15, 0.2) is 0 Å². The number of rotatable bonds is 5. The van der Waals surface area contributed by atoms with Gasteiger partial charge in [-0.1, -0.05) is 36.4 Å². The van der Waals surface area contributed by atoms with E-state index in [2.05, 4.69) is 5.32 Å². The van der Waals surface area contributed by atoms with Gasteiger partial charge in [-0.3, -0.25) is 4.79 Å². The molecular formula is C16H17FN2O2. The number of hydrogen-bond acceptors (Lipinski definition) is 3. The number of nitrogen functional groups attached to an aromatic ring is 1. The van der Waals surface area contributed by atoms with Gasteiger partial charge < -0.3 is 16.2 Å². The monoisotopic (exact) mass is 288 g/mol. The molecule has 4 N–H and O–H groups in total. The van der Waals surface area contributed by atoms with Gasteiger partial charge in [0.25, 0.3) is 5.91 Å². The lowest BCUT2D eigenvalue weighted by Crippen LogP contribution is -2.39. The number of aliphatic hydroxyl groups excluding tert-OH is 1. The highest BCUT2D eigenvalue weighted by Gasteiger charge is 2.17. The van der Waals surface area contributed by atoms with Crippen LogP contribution in [0.4, 0.5) is 10.1 Å². The molecule has 0 saturated carbocycles. The fourth-order valence-electron chi connectivity index (χ4n) is 2.06. The minimum Gasteiger partial charge on any atom is -0.396 e. The van der Waals surface area contributed by atoms with Crippen LogP contribution in [-0.4, -0.2) is 23.7 Å². The summed E-state index contributed by atoms with van der Waals surface area (Å²) in [6, 6.07) is 13.1. The zero-order chi connectivity index (χ0) is 15.2. The van der Waals surface area contributed by atoms with Crippen LogP contribution in [0.15, 0.2) is 48.5 Å². The lowest BCUT2D eigenvalue weighted by Gasteiger charge is -2.17. The van der Waals surface area contributed by atoms with Gasteiger partial charge in [-0.25, -0.2) is 4.39 Å². The van der Waals surface area contributed by atoms with Crippen molar-refractivity contribution in [1.29, 1.82) is 0 Å². The first-order chi connectivity index (χ1) is 10.1. The van der Waals surface area contributed by atoms with Crippen LogP contribution in [0.5, 0.6) is 0 Å². The topological polar surface area (TPSA) is 75.4 Å². The SMILES string of the molecule is Nc1c(F)cccc1C(=O)N[C@H](CO)Cc1ccccc1. The van der Waals surface area contributed by atoms with E-state index in [0.717, 1.165) is 5.56 Å². The summed E-state index contributed by atoms with van der Waals surface area (Å²) in [5, 5.41) is 12.1. The van der Waals surface area contributed by atoms with Crippen molar-refractivity contribution < 1.29 is 14.3 Å². The molecule has 5 heteroatoms. The third-order valence-electron chi connectivity index (χ3n) is 3.18. The van der Waals surface area contributed by atoms with Crippen molar-refractivity contribution in [2.45, 2.75) is 12.5 Å². The zero-order valence-electron chi connectivity index (χ0n) is 11.4. The zero-order valence-corrected chi connectivity index (χ0v) is 11.4. The first-order valence-corrected chi connectivity index (χ1v) is 6.61. The molecule has 0 saturated heterocycles. The number of nitrogens with two attached hydrogens (primary N) is 1. The van der Waals surface area contributed by atoms with E-state index in [-0.39, 0.29) is 17.9 Å². The van der Waals surface area contributed by atoms with Gasteiger partial charge in [0.1, 0.15) is 5.82 Å². The number of hydrogen-bond donors (Lipinski definition) is 3. The van der Waals surface area contributed by atoms with Crippen molar-refractivity contribution in [3.05, 3.63) is 65.5 Å². The molecule has 0 aliphatic rings. The van der Waals surface area contributed by atoms with Crippen molar-refractivity contribution in [3.63, 3.8) is 0 Å². The third-order valence-corrected chi connectivity index (χ3v) is 3.18. The summed E-state index contributed by atoms with van der Waals surface area (Å²) in [4.78, 5) is 12.1. The second kappa shape index (κ2) is 6.85. The Morgan fingerprint density at radius 2 is 1.90 bits per heavy atom. The molecule has 0 aliphatic heterocycles. The molecule has 21 heavy (non-hydrogen) atoms. The number of carbonyl (C=O) groups is 1. The Morgan fingerprint density at radius 3 is 2.57 bits per heavy atom. The van der Waals surface area contributed by atoms with Crippen LogP contribution < -0.4 is 11.1 Å². The molecule has 4 nitrogen and oxygen atoms in total. The highest BCUT2D eigenvalue weighted by Crippen LogP contribution is 2.16. The predicted molar refractivity (Wildman–Crippen MR) is 79.3 cm³/mol. The quantitative estimate of drug-likeness (QED) is 0.734. The normalized spacial score (nSPS) is 11.9. The molecule has 0 fully saturated rings. The van der Waals surface area contributed by atoms with E-state index in [9.17, 15) is 14.3 Å². The minimum atomic E-state index is -0.633. The standard InChI is InChI=1S/C16H17FN2O2/c17-14-8-4-7-13(15(14)18)16(21)19-12(10-20)9-11-5-2-1-3-6-11/h1-8,12,20H,9-10,18H2,(H,19,21)/t12-/m0/s1. The number of para-hydroxylation sites is 1. The molecule has 2 rings (SSSR count). The van der Waals surface area contributed by atoms with Crippen molar-refractivity contribution in [2.24, 2.45) is 0 Å². The van der Waals surface area contributed by atoms with Gasteiger partial charge in [-0.2, -0.15) is 0 Å². The van der Waals surface area contributed by atoms with Crippen molar-refractivity contribution >= 4 is 11.6 Å². The number of carbonyl (C=O) groups excluding carboxylic acids is 1. The maximum atomic E-state index is 13.4. The predicted octanol–water partition coefficient (Wildman–Crippen LogP) is 1.74. The number of nitrogens with one attached hydrogen (secondary N) is 1. The Kier molecular flexibility index (Phi) is 4.90. The van der Waals surface area contributed by atoms with E-state index in [1.807, 2.05) is 30.3 Å². The second-order valence-electron chi connectivity index (χ2n) is 4.74. The van der Waals surface area contributed by atoms with Gasteiger partial charge in [-0.05, 0) is 24.1 Å². The third kappa shape index (κ3) is 3.79. The van der Waals surface area contributed by atoms with E-state index in [1.165, 1.54) is 18.2 Å². The lowest BCUT2D eigenvalue weighted by atomic mass is 10.1. The summed E-state index contributed by atoms with van der Waals surface area (Å²) in [6.07, 6.45) is 0.484. The van der Waals surface area contributed by atoms with Gasteiger partial charge in [-0.15, -0.1) is 0 Å². The summed E-state index contributed by atoms with van der Waals surface area (Å²) in [6.45, 7) is -0.212. The Labute approximate surface area is 122 Å². The largest absolute Gasteiger partial charge is 0.396 e. The van der Waals surface area contributed by atoms with Crippen LogP contribution in [0.2, 0.25) is 0 Å². The molecule has 110 valence electrons. The van der Waals surface area contributed by atoms with E-state index >= 15 is 0 Å². The van der Waals surface area contributed by atoms with E-state index in [1.54, 1.807) is 0 Å². The lowest BCUT2D eigenvalue weighted by molar-refractivity contribution is 0.0917. The number of benzene rings is 2. The Bertz CT molecular complexity index is 617. The smallest absolute Gasteiger partial charge is 0.253 e. The minimum absolute atomic E-state index is 0.0708. The first-order valence-electron chi connectivity index (χ1n) is 6.61. The molecule has 0 bridgehead atoms. The number of aliphatic hydroxyl groups is 1. The highest BCUT2D eigenvalue weighted by molar-refractivity contribution is 5.99. The fraction of sp³-hybridized carbons (Fsp3) is 0.188. The fourth-order valence-corrected chi connectivity index (χ4v) is 2.06. The van der Waals surface area contributed by atoms with Crippen LogP contribution >= 0.6 is 0 Å². The Hall–Kier alpha value is -2.40. The van der Waals surface area contributed by atoms with E-state index in [4.69, 9.17) is 5.73 Å². The second-order valence-corrected chi connectivity index (χ2v) is 4.74. The summed E-state index contributed by atoms with van der Waals surface area (Å²) >= 11 is 0. The van der Waals surface area contributed by atoms with Gasteiger partial charge in [0.2, 0.25) is 0 Å². The molecule has 0 unspecified atom stereocenters. The summed E-state index contributed by atoms with van der Waals surface area (Å²) in [5.41, 5.74) is 6.43. The van der Waals surface area contributed by atoms with Crippen LogP contribution in [0.25, 0.3) is 0 Å². The average Bonchev–Trinajstić information content (AvgIpc) is 2.50. The number of anilines is 1. The first kappa shape index (κ1) is 15.0. The van der Waals surface area contributed by atoms with Crippen molar-refractivity contribution in [3.8, 4) is 0 Å². The van der Waals surface area contributed by atoms with E-state index < -0.39 is 17.8 Å². The highest BCUT2D eigenvalue weighted by atomic mass is 19.1. The molecule has 0 heterocycles. The maximum absolute atomic E-state index is 13.4. The van der Waals surface area contributed by atoms with Crippen LogP contribution in [0, 0.1) is 5.82 Å². The number of amides is 1. The summed E-state index contributed by atoms with van der Waals surface area (Å²) < 4.78 is 13.4. The van der Waals surface area contributed by atoms with Crippen molar-refractivity contribution in [2.75, 3.05) is 12.3 Å². The van der Waals surface area contributed by atoms with Gasteiger partial charge in [0.05, 0.1) is 23.9 Å². The van der Waals surface area contributed by atoms with Gasteiger partial charge >= 0.3 is 0 Å². The molecular weight excluding hydrogens is 271 g/mol. The molecule has 1 atom stereocenters. The van der Waals surface area contributed by atoms with E-state index in [0.29, 0.717) is 6.42 Å². The molecule has 0 aliphatic carbocycles. The molecule has 1 amide bonds. The molecule has 0 aromatic heterocycles. The Morgan fingerprint density at radius 1 is 1.19 bits per heavy atom. The van der Waals surface area contributed by atoms with Crippen LogP contribution in [0.3, 0.4) is 0 Å². The van der Waals surface area contributed by atoms with Crippen molar-refractivity contribution in [1.82, 2.24) is 5.32 Å². The molecule has 2 aromatic carbocycles. The van der Waals surface area contributed by atoms with Gasteiger partial charge in [0, 0.05) is 0 Å². The summed E-state index contributed by atoms with van der Waals surface area (Å²) in [5.74, 6) is -1.13. The Balaban J connectivity index is 2.08. The molecule has 0 radical (unpaired) electrons. The van der Waals surface area contributed by atoms with Crippen LogP contribution in [-0.2, 0) is 6.42 Å². The average molecular weight is 288 g/mol. The molecule has 0 spiro atoms. The number of halogens is 1. The maximum Gasteiger partial charge on any atom is 0.253 e.